The third-order valence-corrected chi connectivity index (χ3v) is 4.24. The SMILES string of the molecule is CNc1cc(-c2ccccc2S(N)(=O)=O)c2cc[nH]c2n1. The monoisotopic (exact) mass is 302 g/mol. The highest BCUT2D eigenvalue weighted by Gasteiger charge is 2.17. The molecule has 3 aromatic rings. The molecule has 0 aliphatic carbocycles. The van der Waals surface area contributed by atoms with Crippen LogP contribution < -0.4 is 10.5 Å². The lowest BCUT2D eigenvalue weighted by Crippen LogP contribution is -2.13. The number of nitrogens with zero attached hydrogens (tertiary/aromatic N) is 1. The molecule has 4 N–H and O–H groups in total. The number of sulfonamides is 1. The van der Waals surface area contributed by atoms with E-state index in [1.54, 1.807) is 37.5 Å². The van der Waals surface area contributed by atoms with Crippen LogP contribution in [0.25, 0.3) is 22.2 Å². The maximum Gasteiger partial charge on any atom is 0.238 e. The van der Waals surface area contributed by atoms with Gasteiger partial charge >= 0.3 is 0 Å². The van der Waals surface area contributed by atoms with Crippen LogP contribution in [0.5, 0.6) is 0 Å². The van der Waals surface area contributed by atoms with Gasteiger partial charge in [0.2, 0.25) is 10.0 Å². The third-order valence-electron chi connectivity index (χ3n) is 3.27. The van der Waals surface area contributed by atoms with Crippen molar-refractivity contribution in [3.63, 3.8) is 0 Å². The second kappa shape index (κ2) is 4.87. The molecule has 2 aromatic heterocycles. The van der Waals surface area contributed by atoms with Crippen LogP contribution in [-0.4, -0.2) is 25.4 Å². The minimum atomic E-state index is -3.80. The zero-order chi connectivity index (χ0) is 15.0. The summed E-state index contributed by atoms with van der Waals surface area (Å²) in [4.78, 5) is 7.51. The Hall–Kier alpha value is -2.38. The molecule has 7 heteroatoms. The number of fused-ring (bicyclic) bond motifs is 1. The fourth-order valence-corrected chi connectivity index (χ4v) is 3.08. The van der Waals surface area contributed by atoms with Crippen LogP contribution in [-0.2, 0) is 10.0 Å². The lowest BCUT2D eigenvalue weighted by molar-refractivity contribution is 0.598. The van der Waals surface area contributed by atoms with Crippen molar-refractivity contribution in [2.45, 2.75) is 4.90 Å². The molecule has 0 bridgehead atoms. The van der Waals surface area contributed by atoms with Gasteiger partial charge in [0.15, 0.2) is 0 Å². The lowest BCUT2D eigenvalue weighted by atomic mass is 10.0. The van der Waals surface area contributed by atoms with E-state index in [4.69, 9.17) is 5.14 Å². The molecular formula is C14H14N4O2S. The standard InChI is InChI=1S/C14H14N4O2S/c1-16-13-8-11(10-6-7-17-14(10)18-13)9-4-2-3-5-12(9)21(15,19)20/h2-8H,1H3,(H2,15,19,20)(H2,16,17,18). The lowest BCUT2D eigenvalue weighted by Gasteiger charge is -2.10. The number of nitrogens with one attached hydrogen (secondary N) is 2. The molecular weight excluding hydrogens is 288 g/mol. The zero-order valence-electron chi connectivity index (χ0n) is 11.3. The van der Waals surface area contributed by atoms with Crippen LogP contribution in [0.3, 0.4) is 0 Å². The van der Waals surface area contributed by atoms with E-state index in [1.807, 2.05) is 6.07 Å². The molecule has 108 valence electrons. The average Bonchev–Trinajstić information content (AvgIpc) is 2.93. The molecule has 0 amide bonds. The van der Waals surface area contributed by atoms with Crippen molar-refractivity contribution in [2.24, 2.45) is 5.14 Å². The smallest absolute Gasteiger partial charge is 0.238 e. The summed E-state index contributed by atoms with van der Waals surface area (Å²) in [5.74, 6) is 0.643. The van der Waals surface area contributed by atoms with Gasteiger partial charge in [-0.25, -0.2) is 18.5 Å². The highest BCUT2D eigenvalue weighted by Crippen LogP contribution is 2.33. The fourth-order valence-electron chi connectivity index (χ4n) is 2.33. The predicted molar refractivity (Wildman–Crippen MR) is 82.4 cm³/mol. The van der Waals surface area contributed by atoms with E-state index in [0.717, 1.165) is 10.9 Å². The van der Waals surface area contributed by atoms with Gasteiger partial charge in [0.05, 0.1) is 4.90 Å². The van der Waals surface area contributed by atoms with E-state index < -0.39 is 10.0 Å². The van der Waals surface area contributed by atoms with Crippen molar-refractivity contribution in [3.05, 3.63) is 42.6 Å². The number of hydrogen-bond acceptors (Lipinski definition) is 4. The number of H-pyrrole nitrogens is 1. The summed E-state index contributed by atoms with van der Waals surface area (Å²) < 4.78 is 23.6. The van der Waals surface area contributed by atoms with Crippen LogP contribution in [0.2, 0.25) is 0 Å². The summed E-state index contributed by atoms with van der Waals surface area (Å²) in [6.07, 6.45) is 1.76. The molecule has 0 saturated carbocycles. The predicted octanol–water partition coefficient (Wildman–Crippen LogP) is 1.92. The summed E-state index contributed by atoms with van der Waals surface area (Å²) in [7, 11) is -2.05. The van der Waals surface area contributed by atoms with Crippen molar-refractivity contribution in [2.75, 3.05) is 12.4 Å². The molecule has 0 aliphatic rings. The highest BCUT2D eigenvalue weighted by atomic mass is 32.2. The second-order valence-corrected chi connectivity index (χ2v) is 6.12. The Bertz CT molecular complexity index is 916. The van der Waals surface area contributed by atoms with E-state index in [9.17, 15) is 8.42 Å². The maximum absolute atomic E-state index is 11.8. The number of benzene rings is 1. The Kier molecular flexibility index (Phi) is 3.15. The van der Waals surface area contributed by atoms with Crippen LogP contribution in [0, 0.1) is 0 Å². The van der Waals surface area contributed by atoms with Crippen LogP contribution in [0.1, 0.15) is 0 Å². The van der Waals surface area contributed by atoms with Crippen molar-refractivity contribution in [1.82, 2.24) is 9.97 Å². The Labute approximate surface area is 122 Å². The molecule has 0 unspecified atom stereocenters. The van der Waals surface area contributed by atoms with Gasteiger partial charge < -0.3 is 10.3 Å². The van der Waals surface area contributed by atoms with E-state index >= 15 is 0 Å². The molecule has 6 nitrogen and oxygen atoms in total. The number of rotatable bonds is 3. The van der Waals surface area contributed by atoms with Crippen molar-refractivity contribution in [3.8, 4) is 11.1 Å². The molecule has 21 heavy (non-hydrogen) atoms. The van der Waals surface area contributed by atoms with E-state index in [1.165, 1.54) is 6.07 Å². The number of hydrogen-bond donors (Lipinski definition) is 3. The molecule has 0 fully saturated rings. The number of nitrogens with two attached hydrogens (primary N) is 1. The van der Waals surface area contributed by atoms with Gasteiger partial charge in [-0.15, -0.1) is 0 Å². The van der Waals surface area contributed by atoms with E-state index in [-0.39, 0.29) is 4.90 Å². The average molecular weight is 302 g/mol. The topological polar surface area (TPSA) is 101 Å². The Balaban J connectivity index is 2.38. The Morgan fingerprint density at radius 3 is 2.67 bits per heavy atom. The van der Waals surface area contributed by atoms with Gasteiger partial charge in [0.1, 0.15) is 11.5 Å². The first-order valence-electron chi connectivity index (χ1n) is 6.29. The highest BCUT2D eigenvalue weighted by molar-refractivity contribution is 7.89. The maximum atomic E-state index is 11.8. The Morgan fingerprint density at radius 2 is 1.95 bits per heavy atom. The van der Waals surface area contributed by atoms with Crippen molar-refractivity contribution >= 4 is 26.9 Å². The number of aromatic nitrogens is 2. The quantitative estimate of drug-likeness (QED) is 0.688. The number of pyridine rings is 1. The first-order chi connectivity index (χ1) is 10.0. The Morgan fingerprint density at radius 1 is 1.19 bits per heavy atom. The molecule has 0 saturated heterocycles. The number of anilines is 1. The van der Waals surface area contributed by atoms with Crippen LogP contribution in [0.15, 0.2) is 47.5 Å². The summed E-state index contributed by atoms with van der Waals surface area (Å²) >= 11 is 0. The number of primary sulfonamides is 1. The minimum Gasteiger partial charge on any atom is -0.373 e. The third kappa shape index (κ3) is 2.37. The normalized spacial score (nSPS) is 11.7. The largest absolute Gasteiger partial charge is 0.373 e. The van der Waals surface area contributed by atoms with Gasteiger partial charge in [0.25, 0.3) is 0 Å². The van der Waals surface area contributed by atoms with E-state index in [2.05, 4.69) is 15.3 Å². The van der Waals surface area contributed by atoms with E-state index in [0.29, 0.717) is 17.0 Å². The van der Waals surface area contributed by atoms with Crippen molar-refractivity contribution in [1.29, 1.82) is 0 Å². The second-order valence-electron chi connectivity index (χ2n) is 4.59. The summed E-state index contributed by atoms with van der Waals surface area (Å²) in [6, 6.07) is 10.3. The molecule has 0 aliphatic heterocycles. The molecule has 0 atom stereocenters. The van der Waals surface area contributed by atoms with Crippen LogP contribution >= 0.6 is 0 Å². The van der Waals surface area contributed by atoms with Gasteiger partial charge in [-0.3, -0.25) is 0 Å². The number of aromatic amines is 1. The first-order valence-corrected chi connectivity index (χ1v) is 7.83. The molecule has 0 spiro atoms. The summed E-state index contributed by atoms with van der Waals surface area (Å²) in [5.41, 5.74) is 2.00. The zero-order valence-corrected chi connectivity index (χ0v) is 12.1. The van der Waals surface area contributed by atoms with Crippen molar-refractivity contribution < 1.29 is 8.42 Å². The van der Waals surface area contributed by atoms with Gasteiger partial charge in [-0.2, -0.15) is 0 Å². The van der Waals surface area contributed by atoms with Gasteiger partial charge in [0, 0.05) is 24.2 Å². The summed E-state index contributed by atoms with van der Waals surface area (Å²) in [6.45, 7) is 0. The first kappa shape index (κ1) is 13.6. The van der Waals surface area contributed by atoms with Crippen LogP contribution in [0.4, 0.5) is 5.82 Å². The molecule has 2 heterocycles. The summed E-state index contributed by atoms with van der Waals surface area (Å²) in [5, 5.41) is 9.12. The fraction of sp³-hybridized carbons (Fsp3) is 0.0714. The molecule has 1 aromatic carbocycles. The minimum absolute atomic E-state index is 0.0979. The molecule has 0 radical (unpaired) electrons. The van der Waals surface area contributed by atoms with Gasteiger partial charge in [-0.05, 0) is 23.8 Å². The van der Waals surface area contributed by atoms with Gasteiger partial charge in [-0.1, -0.05) is 18.2 Å². The molecule has 3 rings (SSSR count).